The van der Waals surface area contributed by atoms with E-state index >= 15 is 0 Å². The number of sulfone groups is 1. The molecule has 132 valence electrons. The highest BCUT2D eigenvalue weighted by Gasteiger charge is 2.29. The Morgan fingerprint density at radius 1 is 0.960 bits per heavy atom. The molecule has 1 atom stereocenters. The van der Waals surface area contributed by atoms with Gasteiger partial charge in [-0.05, 0) is 12.1 Å². The van der Waals surface area contributed by atoms with Crippen LogP contribution >= 0.6 is 0 Å². The minimum atomic E-state index is -3.61. The first-order valence-corrected chi connectivity index (χ1v) is 9.37. The Kier molecular flexibility index (Phi) is 5.58. The van der Waals surface area contributed by atoms with Crippen molar-refractivity contribution >= 4 is 21.7 Å². The fourth-order valence-electron chi connectivity index (χ4n) is 2.25. The zero-order valence-electron chi connectivity index (χ0n) is 14.2. The molecule has 0 aliphatic heterocycles. The Morgan fingerprint density at radius 3 is 2.08 bits per heavy atom. The molecule has 0 aliphatic carbocycles. The highest BCUT2D eigenvalue weighted by atomic mass is 32.2. The average Bonchev–Trinajstić information content (AvgIpc) is 2.58. The highest BCUT2D eigenvalue weighted by molar-refractivity contribution is 7.90. The number of carbonyl (C=O) groups excluding carboxylic acids is 2. The van der Waals surface area contributed by atoms with E-state index in [0.29, 0.717) is 5.56 Å². The van der Waals surface area contributed by atoms with Crippen LogP contribution in [0.5, 0.6) is 0 Å². The van der Waals surface area contributed by atoms with E-state index in [-0.39, 0.29) is 10.5 Å². The number of ether oxygens (including phenoxy) is 1. The lowest BCUT2D eigenvalue weighted by Crippen LogP contribution is -2.31. The summed E-state index contributed by atoms with van der Waals surface area (Å²) in [6.07, 6.45) is -0.144. The van der Waals surface area contributed by atoms with Crippen LogP contribution in [0.1, 0.15) is 22.0 Å². The van der Waals surface area contributed by atoms with Crippen LogP contribution in [-0.4, -0.2) is 45.5 Å². The van der Waals surface area contributed by atoms with Crippen molar-refractivity contribution in [3.8, 4) is 0 Å². The van der Waals surface area contributed by atoms with Crippen LogP contribution in [0.3, 0.4) is 0 Å². The SMILES string of the molecule is CN(C)C(=O)[C@@H](OC(=O)c1ccccc1S(C)(=O)=O)c1ccccc1. The molecule has 2 aromatic carbocycles. The summed E-state index contributed by atoms with van der Waals surface area (Å²) in [4.78, 5) is 26.2. The molecule has 0 fully saturated rings. The van der Waals surface area contributed by atoms with E-state index in [9.17, 15) is 18.0 Å². The van der Waals surface area contributed by atoms with Crippen molar-refractivity contribution in [2.75, 3.05) is 20.4 Å². The number of rotatable bonds is 5. The van der Waals surface area contributed by atoms with Gasteiger partial charge in [0.15, 0.2) is 9.84 Å². The lowest BCUT2D eigenvalue weighted by Gasteiger charge is -2.21. The molecule has 0 N–H and O–H groups in total. The van der Waals surface area contributed by atoms with E-state index in [2.05, 4.69) is 0 Å². The molecule has 2 rings (SSSR count). The predicted molar refractivity (Wildman–Crippen MR) is 92.8 cm³/mol. The maximum absolute atomic E-state index is 12.6. The molecule has 0 aliphatic rings. The molecular formula is C18H19NO5S. The van der Waals surface area contributed by atoms with Crippen LogP contribution in [0.15, 0.2) is 59.5 Å². The minimum Gasteiger partial charge on any atom is -0.444 e. The van der Waals surface area contributed by atoms with Gasteiger partial charge in [-0.15, -0.1) is 0 Å². The molecule has 0 spiro atoms. The van der Waals surface area contributed by atoms with Gasteiger partial charge in [0.25, 0.3) is 5.91 Å². The second-order valence-electron chi connectivity index (χ2n) is 5.70. The Bertz CT molecular complexity index is 875. The Balaban J connectivity index is 2.41. The number of likely N-dealkylation sites (N-methyl/N-ethyl adjacent to an activating group) is 1. The van der Waals surface area contributed by atoms with Crippen molar-refractivity contribution in [3.05, 3.63) is 65.7 Å². The molecule has 7 heteroatoms. The number of hydrogen-bond donors (Lipinski definition) is 0. The third-order valence-corrected chi connectivity index (χ3v) is 4.65. The van der Waals surface area contributed by atoms with E-state index in [1.807, 2.05) is 0 Å². The van der Waals surface area contributed by atoms with Crippen LogP contribution in [0, 0.1) is 0 Å². The summed E-state index contributed by atoms with van der Waals surface area (Å²) in [6.45, 7) is 0. The van der Waals surface area contributed by atoms with Gasteiger partial charge in [-0.3, -0.25) is 4.79 Å². The van der Waals surface area contributed by atoms with Gasteiger partial charge >= 0.3 is 5.97 Å². The summed E-state index contributed by atoms with van der Waals surface area (Å²) in [7, 11) is -0.507. The Hall–Kier alpha value is -2.67. The number of hydrogen-bond acceptors (Lipinski definition) is 5. The molecule has 2 aromatic rings. The number of amides is 1. The molecule has 0 heterocycles. The van der Waals surface area contributed by atoms with Gasteiger partial charge in [-0.1, -0.05) is 42.5 Å². The second-order valence-corrected chi connectivity index (χ2v) is 7.68. The minimum absolute atomic E-state index is 0.0995. The lowest BCUT2D eigenvalue weighted by molar-refractivity contribution is -0.138. The van der Waals surface area contributed by atoms with Crippen LogP contribution in [-0.2, 0) is 19.4 Å². The Morgan fingerprint density at radius 2 is 1.52 bits per heavy atom. The van der Waals surface area contributed by atoms with Crippen molar-refractivity contribution in [3.63, 3.8) is 0 Å². The summed E-state index contributed by atoms with van der Waals surface area (Å²) >= 11 is 0. The highest BCUT2D eigenvalue weighted by Crippen LogP contribution is 2.23. The lowest BCUT2D eigenvalue weighted by atomic mass is 10.1. The van der Waals surface area contributed by atoms with Gasteiger partial charge in [0.2, 0.25) is 6.10 Å². The van der Waals surface area contributed by atoms with Crippen molar-refractivity contribution < 1.29 is 22.7 Å². The predicted octanol–water partition coefficient (Wildman–Crippen LogP) is 2.08. The van der Waals surface area contributed by atoms with Gasteiger partial charge < -0.3 is 9.64 Å². The molecular weight excluding hydrogens is 342 g/mol. The molecule has 0 unspecified atom stereocenters. The van der Waals surface area contributed by atoms with E-state index in [1.165, 1.54) is 29.2 Å². The van der Waals surface area contributed by atoms with Crippen molar-refractivity contribution in [2.45, 2.75) is 11.0 Å². The summed E-state index contributed by atoms with van der Waals surface area (Å²) in [5, 5.41) is 0. The van der Waals surface area contributed by atoms with Crippen LogP contribution in [0.4, 0.5) is 0 Å². The molecule has 0 saturated carbocycles. The van der Waals surface area contributed by atoms with Crippen molar-refractivity contribution in [1.29, 1.82) is 0 Å². The topological polar surface area (TPSA) is 80.8 Å². The number of esters is 1. The monoisotopic (exact) mass is 361 g/mol. The third-order valence-electron chi connectivity index (χ3n) is 3.50. The fraction of sp³-hybridized carbons (Fsp3) is 0.222. The first-order valence-electron chi connectivity index (χ1n) is 7.48. The molecule has 25 heavy (non-hydrogen) atoms. The summed E-state index contributed by atoms with van der Waals surface area (Å²) in [5.74, 6) is -1.29. The van der Waals surface area contributed by atoms with E-state index in [4.69, 9.17) is 4.74 Å². The first kappa shape index (κ1) is 18.7. The maximum Gasteiger partial charge on any atom is 0.340 e. The normalized spacial score (nSPS) is 12.3. The van der Waals surface area contributed by atoms with Crippen molar-refractivity contribution in [2.24, 2.45) is 0 Å². The molecule has 0 radical (unpaired) electrons. The fourth-order valence-corrected chi connectivity index (χ4v) is 3.13. The van der Waals surface area contributed by atoms with Crippen LogP contribution < -0.4 is 0 Å². The molecule has 0 bridgehead atoms. The zero-order valence-corrected chi connectivity index (χ0v) is 15.0. The van der Waals surface area contributed by atoms with E-state index in [0.717, 1.165) is 6.26 Å². The quantitative estimate of drug-likeness (QED) is 0.762. The van der Waals surface area contributed by atoms with Gasteiger partial charge in [-0.2, -0.15) is 0 Å². The first-order chi connectivity index (χ1) is 11.7. The average molecular weight is 361 g/mol. The maximum atomic E-state index is 12.6. The van der Waals surface area contributed by atoms with Crippen molar-refractivity contribution in [1.82, 2.24) is 4.90 Å². The molecule has 0 aromatic heterocycles. The number of benzene rings is 2. The van der Waals surface area contributed by atoms with Gasteiger partial charge in [0.05, 0.1) is 10.5 Å². The molecule has 6 nitrogen and oxygen atoms in total. The van der Waals surface area contributed by atoms with Gasteiger partial charge in [0, 0.05) is 25.9 Å². The van der Waals surface area contributed by atoms with E-state index in [1.54, 1.807) is 44.4 Å². The van der Waals surface area contributed by atoms with Crippen LogP contribution in [0.2, 0.25) is 0 Å². The Labute approximate surface area is 146 Å². The number of carbonyl (C=O) groups is 2. The number of nitrogens with zero attached hydrogens (tertiary/aromatic N) is 1. The second kappa shape index (κ2) is 7.48. The smallest absolute Gasteiger partial charge is 0.340 e. The summed E-state index contributed by atoms with van der Waals surface area (Å²) < 4.78 is 29.1. The van der Waals surface area contributed by atoms with Gasteiger partial charge in [-0.25, -0.2) is 13.2 Å². The molecule has 0 saturated heterocycles. The van der Waals surface area contributed by atoms with Gasteiger partial charge in [0.1, 0.15) is 0 Å². The summed E-state index contributed by atoms with van der Waals surface area (Å²) in [6, 6.07) is 14.3. The largest absolute Gasteiger partial charge is 0.444 e. The standard InChI is InChI=1S/C18H19NO5S/c1-19(2)17(20)16(13-9-5-4-6-10-13)24-18(21)14-11-7-8-12-15(14)25(3,22)23/h4-12,16H,1-3H3/t16-/m0/s1. The molecule has 1 amide bonds. The zero-order chi connectivity index (χ0) is 18.6. The summed E-state index contributed by atoms with van der Waals surface area (Å²) in [5.41, 5.74) is 0.406. The van der Waals surface area contributed by atoms with Crippen LogP contribution in [0.25, 0.3) is 0 Å². The third kappa shape index (κ3) is 4.45. The van der Waals surface area contributed by atoms with E-state index < -0.39 is 27.8 Å².